The van der Waals surface area contributed by atoms with Gasteiger partial charge in [0.25, 0.3) is 0 Å². The molecule has 0 spiro atoms. The molecule has 0 saturated heterocycles. The standard InChI is InChI=1S/C38H23N3/c1-2-11-26(12-3-1)41-35-18-5-4-13-27(35)31-23-25(19-22-36(31)41)32-16-8-17-33(39-32)34-21-20-29-28-14-6-9-24-10-7-15-30(37(24)28)38(29)40-34/h1-23H. The molecular formula is C38H23N3. The van der Waals surface area contributed by atoms with Gasteiger partial charge in [0.2, 0.25) is 0 Å². The lowest BCUT2D eigenvalue weighted by atomic mass is 10.0. The Morgan fingerprint density at radius 1 is 0.439 bits per heavy atom. The predicted octanol–water partition coefficient (Wildman–Crippen LogP) is 9.71. The minimum atomic E-state index is 0.875. The zero-order valence-corrected chi connectivity index (χ0v) is 22.1. The molecule has 3 aromatic heterocycles. The average molecular weight is 522 g/mol. The molecule has 3 heterocycles. The summed E-state index contributed by atoms with van der Waals surface area (Å²) in [7, 11) is 0. The molecule has 190 valence electrons. The minimum Gasteiger partial charge on any atom is -0.309 e. The maximum absolute atomic E-state index is 5.16. The lowest BCUT2D eigenvalue weighted by Crippen LogP contribution is -1.94. The van der Waals surface area contributed by atoms with Gasteiger partial charge in [-0.2, -0.15) is 0 Å². The second-order valence-electron chi connectivity index (χ2n) is 10.6. The number of aromatic nitrogens is 3. The summed E-state index contributed by atoms with van der Waals surface area (Å²) < 4.78 is 2.34. The second-order valence-corrected chi connectivity index (χ2v) is 10.6. The molecule has 9 rings (SSSR count). The van der Waals surface area contributed by atoms with E-state index in [1.54, 1.807) is 0 Å². The molecule has 1 aliphatic carbocycles. The Kier molecular flexibility index (Phi) is 4.61. The number of hydrogen-bond donors (Lipinski definition) is 0. The molecule has 0 bridgehead atoms. The number of benzene rings is 5. The largest absolute Gasteiger partial charge is 0.309 e. The predicted molar refractivity (Wildman–Crippen MR) is 169 cm³/mol. The quantitative estimate of drug-likeness (QED) is 0.232. The third-order valence-corrected chi connectivity index (χ3v) is 8.34. The van der Waals surface area contributed by atoms with E-state index < -0.39 is 0 Å². The fraction of sp³-hybridized carbons (Fsp3) is 0. The highest BCUT2D eigenvalue weighted by molar-refractivity contribution is 6.14. The fourth-order valence-electron chi connectivity index (χ4n) is 6.51. The smallest absolute Gasteiger partial charge is 0.0894 e. The van der Waals surface area contributed by atoms with E-state index in [2.05, 4.69) is 144 Å². The summed E-state index contributed by atoms with van der Waals surface area (Å²) in [6, 6.07) is 49.4. The molecule has 3 nitrogen and oxygen atoms in total. The molecule has 5 aromatic carbocycles. The number of para-hydroxylation sites is 2. The van der Waals surface area contributed by atoms with E-state index in [0.29, 0.717) is 0 Å². The number of rotatable bonds is 3. The maximum Gasteiger partial charge on any atom is 0.0894 e. The van der Waals surface area contributed by atoms with E-state index >= 15 is 0 Å². The van der Waals surface area contributed by atoms with E-state index in [0.717, 1.165) is 34.0 Å². The molecule has 0 aliphatic heterocycles. The van der Waals surface area contributed by atoms with Gasteiger partial charge in [-0.3, -0.25) is 0 Å². The Morgan fingerprint density at radius 2 is 1.17 bits per heavy atom. The fourth-order valence-corrected chi connectivity index (χ4v) is 6.51. The van der Waals surface area contributed by atoms with Gasteiger partial charge in [-0.1, -0.05) is 84.9 Å². The molecular weight excluding hydrogens is 498 g/mol. The summed E-state index contributed by atoms with van der Waals surface area (Å²) in [5.41, 5.74) is 12.0. The Hall–Kier alpha value is -5.54. The van der Waals surface area contributed by atoms with Crippen LogP contribution in [0.15, 0.2) is 140 Å². The van der Waals surface area contributed by atoms with Crippen molar-refractivity contribution in [3.8, 4) is 50.7 Å². The molecule has 0 N–H and O–H groups in total. The van der Waals surface area contributed by atoms with E-state index in [1.807, 2.05) is 0 Å². The monoisotopic (exact) mass is 521 g/mol. The van der Waals surface area contributed by atoms with Crippen LogP contribution in [-0.4, -0.2) is 14.5 Å². The molecule has 0 amide bonds. The van der Waals surface area contributed by atoms with Crippen molar-refractivity contribution in [2.75, 3.05) is 0 Å². The Labute approximate surface area is 237 Å². The van der Waals surface area contributed by atoms with E-state index in [-0.39, 0.29) is 0 Å². The Morgan fingerprint density at radius 3 is 2.07 bits per heavy atom. The molecule has 41 heavy (non-hydrogen) atoms. The summed E-state index contributed by atoms with van der Waals surface area (Å²) in [6.07, 6.45) is 0. The molecule has 0 atom stereocenters. The first-order valence-corrected chi connectivity index (χ1v) is 13.9. The SMILES string of the molecule is c1ccc(-n2c3ccccc3c3cc(-c4cccc(-c5ccc6c(n5)-c5cccc7cccc-6c57)n4)ccc32)cc1. The second kappa shape index (κ2) is 8.48. The van der Waals surface area contributed by atoms with Crippen LogP contribution >= 0.6 is 0 Å². The van der Waals surface area contributed by atoms with Gasteiger partial charge in [0.15, 0.2) is 0 Å². The summed E-state index contributed by atoms with van der Waals surface area (Å²) in [4.78, 5) is 10.3. The van der Waals surface area contributed by atoms with Crippen molar-refractivity contribution in [3.63, 3.8) is 0 Å². The van der Waals surface area contributed by atoms with Gasteiger partial charge in [-0.25, -0.2) is 9.97 Å². The normalized spacial score (nSPS) is 11.9. The van der Waals surface area contributed by atoms with Gasteiger partial charge in [-0.05, 0) is 70.9 Å². The zero-order valence-electron chi connectivity index (χ0n) is 22.1. The summed E-state index contributed by atoms with van der Waals surface area (Å²) >= 11 is 0. The Balaban J connectivity index is 1.17. The number of pyridine rings is 2. The van der Waals surface area contributed by atoms with Gasteiger partial charge in [0, 0.05) is 33.2 Å². The number of hydrogen-bond acceptors (Lipinski definition) is 2. The topological polar surface area (TPSA) is 30.7 Å². The van der Waals surface area contributed by atoms with Gasteiger partial charge in [0.1, 0.15) is 0 Å². The zero-order chi connectivity index (χ0) is 26.9. The van der Waals surface area contributed by atoms with Gasteiger partial charge < -0.3 is 4.57 Å². The first kappa shape index (κ1) is 22.3. The van der Waals surface area contributed by atoms with E-state index in [4.69, 9.17) is 9.97 Å². The summed E-state index contributed by atoms with van der Waals surface area (Å²) in [5, 5.41) is 5.00. The average Bonchev–Trinajstić information content (AvgIpc) is 3.55. The van der Waals surface area contributed by atoms with Crippen LogP contribution in [0.3, 0.4) is 0 Å². The highest BCUT2D eigenvalue weighted by atomic mass is 15.0. The van der Waals surface area contributed by atoms with Crippen LogP contribution < -0.4 is 0 Å². The van der Waals surface area contributed by atoms with Crippen LogP contribution in [-0.2, 0) is 0 Å². The molecule has 8 aromatic rings. The molecule has 3 heteroatoms. The van der Waals surface area contributed by atoms with Crippen LogP contribution in [0.2, 0.25) is 0 Å². The highest BCUT2D eigenvalue weighted by Gasteiger charge is 2.23. The molecule has 0 radical (unpaired) electrons. The van der Waals surface area contributed by atoms with E-state index in [9.17, 15) is 0 Å². The van der Waals surface area contributed by atoms with Crippen molar-refractivity contribution < 1.29 is 0 Å². The van der Waals surface area contributed by atoms with Crippen LogP contribution in [0.5, 0.6) is 0 Å². The van der Waals surface area contributed by atoms with Gasteiger partial charge >= 0.3 is 0 Å². The maximum atomic E-state index is 5.16. The third kappa shape index (κ3) is 3.26. The number of nitrogens with zero attached hydrogens (tertiary/aromatic N) is 3. The van der Waals surface area contributed by atoms with Crippen molar-refractivity contribution in [2.45, 2.75) is 0 Å². The highest BCUT2D eigenvalue weighted by Crippen LogP contribution is 2.46. The first-order valence-electron chi connectivity index (χ1n) is 13.9. The van der Waals surface area contributed by atoms with Crippen molar-refractivity contribution >= 4 is 32.6 Å². The van der Waals surface area contributed by atoms with Crippen LogP contribution in [0.4, 0.5) is 0 Å². The summed E-state index contributed by atoms with van der Waals surface area (Å²) in [6.45, 7) is 0. The van der Waals surface area contributed by atoms with Crippen LogP contribution in [0.25, 0.3) is 83.3 Å². The molecule has 0 fully saturated rings. The molecule has 0 unspecified atom stereocenters. The van der Waals surface area contributed by atoms with Crippen molar-refractivity contribution in [2.24, 2.45) is 0 Å². The number of fused-ring (bicyclic) bond motifs is 6. The molecule has 1 aliphatic rings. The van der Waals surface area contributed by atoms with Gasteiger partial charge in [-0.15, -0.1) is 0 Å². The van der Waals surface area contributed by atoms with Crippen molar-refractivity contribution in [3.05, 3.63) is 140 Å². The molecule has 0 saturated carbocycles. The van der Waals surface area contributed by atoms with E-state index in [1.165, 1.54) is 49.3 Å². The Bertz CT molecular complexity index is 2310. The van der Waals surface area contributed by atoms with Crippen LogP contribution in [0, 0.1) is 0 Å². The summed E-state index contributed by atoms with van der Waals surface area (Å²) in [5.74, 6) is 0. The lowest BCUT2D eigenvalue weighted by molar-refractivity contribution is 1.18. The van der Waals surface area contributed by atoms with Crippen molar-refractivity contribution in [1.82, 2.24) is 14.5 Å². The minimum absolute atomic E-state index is 0.875. The van der Waals surface area contributed by atoms with Gasteiger partial charge in [0.05, 0.1) is 33.8 Å². The first-order chi connectivity index (χ1) is 20.3. The lowest BCUT2D eigenvalue weighted by Gasteiger charge is -2.09. The van der Waals surface area contributed by atoms with Crippen LogP contribution in [0.1, 0.15) is 0 Å². The van der Waals surface area contributed by atoms with Crippen molar-refractivity contribution in [1.29, 1.82) is 0 Å². The third-order valence-electron chi connectivity index (χ3n) is 8.34.